The molecule has 0 spiro atoms. The Morgan fingerprint density at radius 2 is 1.96 bits per heavy atom. The topological polar surface area (TPSA) is 77.8 Å². The van der Waals surface area contributed by atoms with Gasteiger partial charge in [-0.3, -0.25) is 9.78 Å². The first-order valence-corrected chi connectivity index (χ1v) is 7.19. The van der Waals surface area contributed by atoms with Gasteiger partial charge in [-0.05, 0) is 39.2 Å². The van der Waals surface area contributed by atoms with Gasteiger partial charge in [0.05, 0.1) is 5.71 Å². The molecule has 23 heavy (non-hydrogen) atoms. The second-order valence-electron chi connectivity index (χ2n) is 5.43. The number of nitrogens with zero attached hydrogens (tertiary/aromatic N) is 3. The average molecular weight is 312 g/mol. The first-order chi connectivity index (χ1) is 11.0. The minimum Gasteiger partial charge on any atom is -0.507 e. The fourth-order valence-electron chi connectivity index (χ4n) is 2.11. The molecule has 1 amide bonds. The number of carbonyl (C=O) groups is 1. The molecule has 6 heteroatoms. The number of hydrogen-bond acceptors (Lipinski definition) is 5. The van der Waals surface area contributed by atoms with E-state index in [-0.39, 0.29) is 11.7 Å². The van der Waals surface area contributed by atoms with Gasteiger partial charge >= 0.3 is 0 Å². The molecule has 0 saturated carbocycles. The number of aromatic hydroxyl groups is 1. The average Bonchev–Trinajstić information content (AvgIpc) is 2.54. The van der Waals surface area contributed by atoms with Crippen LogP contribution in [0.3, 0.4) is 0 Å². The highest BCUT2D eigenvalue weighted by molar-refractivity contribution is 6.02. The number of rotatable bonds is 5. The Hall–Kier alpha value is -2.73. The molecule has 0 aliphatic carbocycles. The van der Waals surface area contributed by atoms with Crippen molar-refractivity contribution in [1.29, 1.82) is 0 Å². The zero-order chi connectivity index (χ0) is 16.8. The summed E-state index contributed by atoms with van der Waals surface area (Å²) < 4.78 is 0. The third kappa shape index (κ3) is 4.37. The Balaban J connectivity index is 2.17. The Morgan fingerprint density at radius 3 is 2.61 bits per heavy atom. The molecule has 1 aromatic carbocycles. The van der Waals surface area contributed by atoms with Crippen molar-refractivity contribution in [1.82, 2.24) is 15.3 Å². The molecule has 1 aromatic heterocycles. The van der Waals surface area contributed by atoms with Gasteiger partial charge in [-0.1, -0.05) is 12.1 Å². The molecular weight excluding hydrogens is 292 g/mol. The minimum atomic E-state index is -0.323. The number of hydrazone groups is 1. The highest BCUT2D eigenvalue weighted by atomic mass is 16.3. The van der Waals surface area contributed by atoms with Crippen LogP contribution in [0.4, 0.5) is 0 Å². The van der Waals surface area contributed by atoms with E-state index in [1.54, 1.807) is 37.5 Å². The number of benzene rings is 1. The van der Waals surface area contributed by atoms with Crippen LogP contribution in [0.2, 0.25) is 0 Å². The second kappa shape index (κ2) is 7.51. The number of carbonyl (C=O) groups excluding carboxylic acids is 1. The van der Waals surface area contributed by atoms with E-state index in [4.69, 9.17) is 0 Å². The lowest BCUT2D eigenvalue weighted by molar-refractivity contribution is 0.0954. The molecule has 2 N–H and O–H groups in total. The molecule has 0 radical (unpaired) electrons. The van der Waals surface area contributed by atoms with Crippen LogP contribution >= 0.6 is 0 Å². The fraction of sp³-hybridized carbons (Fsp3) is 0.235. The van der Waals surface area contributed by atoms with E-state index in [0.717, 1.165) is 5.56 Å². The van der Waals surface area contributed by atoms with Crippen molar-refractivity contribution >= 4 is 11.6 Å². The molecule has 0 atom stereocenters. The number of nitrogens with one attached hydrogen (secondary N) is 1. The predicted octanol–water partition coefficient (Wildman–Crippen LogP) is 2.00. The quantitative estimate of drug-likeness (QED) is 0.654. The molecule has 2 aromatic rings. The summed E-state index contributed by atoms with van der Waals surface area (Å²) in [5.41, 5.74) is 4.90. The Kier molecular flexibility index (Phi) is 5.43. The van der Waals surface area contributed by atoms with Crippen molar-refractivity contribution in [2.75, 3.05) is 14.1 Å². The van der Waals surface area contributed by atoms with Gasteiger partial charge < -0.3 is 10.0 Å². The van der Waals surface area contributed by atoms with Crippen molar-refractivity contribution in [3.8, 4) is 5.75 Å². The van der Waals surface area contributed by atoms with E-state index in [1.807, 2.05) is 31.1 Å². The monoisotopic (exact) mass is 312 g/mol. The summed E-state index contributed by atoms with van der Waals surface area (Å²) in [5, 5.41) is 14.4. The third-order valence-corrected chi connectivity index (χ3v) is 3.26. The summed E-state index contributed by atoms with van der Waals surface area (Å²) in [4.78, 5) is 17.8. The van der Waals surface area contributed by atoms with Crippen LogP contribution in [-0.4, -0.2) is 40.7 Å². The van der Waals surface area contributed by atoms with Crippen molar-refractivity contribution in [3.63, 3.8) is 0 Å². The summed E-state index contributed by atoms with van der Waals surface area (Å²) in [7, 11) is 3.87. The van der Waals surface area contributed by atoms with Gasteiger partial charge in [0.1, 0.15) is 5.75 Å². The van der Waals surface area contributed by atoms with E-state index < -0.39 is 0 Å². The molecule has 6 nitrogen and oxygen atoms in total. The van der Waals surface area contributed by atoms with Gasteiger partial charge in [0.2, 0.25) is 0 Å². The standard InChI is InChI=1S/C17H20N4O2/c1-12(19-20-17(23)13-7-9-18-10-8-13)15-6-4-5-14(16(15)22)11-21(2)3/h4-10,22H,11H2,1-3H3,(H,20,23)/b19-12-. The molecule has 2 rings (SSSR count). The molecule has 0 unspecified atom stereocenters. The summed E-state index contributed by atoms with van der Waals surface area (Å²) >= 11 is 0. The first-order valence-electron chi connectivity index (χ1n) is 7.19. The highest BCUT2D eigenvalue weighted by Crippen LogP contribution is 2.24. The van der Waals surface area contributed by atoms with Crippen molar-refractivity contribution in [2.45, 2.75) is 13.5 Å². The predicted molar refractivity (Wildman–Crippen MR) is 89.4 cm³/mol. The third-order valence-electron chi connectivity index (χ3n) is 3.26. The molecule has 0 saturated heterocycles. The Labute approximate surface area is 135 Å². The van der Waals surface area contributed by atoms with Gasteiger partial charge in [0.15, 0.2) is 0 Å². The second-order valence-corrected chi connectivity index (χ2v) is 5.43. The summed E-state index contributed by atoms with van der Waals surface area (Å²) in [6.45, 7) is 2.36. The maximum atomic E-state index is 12.0. The number of phenols is 1. The summed E-state index contributed by atoms with van der Waals surface area (Å²) in [6, 6.07) is 8.70. The van der Waals surface area contributed by atoms with Crippen LogP contribution in [0.25, 0.3) is 0 Å². The van der Waals surface area contributed by atoms with Crippen molar-refractivity contribution in [2.24, 2.45) is 5.10 Å². The van der Waals surface area contributed by atoms with Gasteiger partial charge in [0, 0.05) is 35.6 Å². The number of pyridine rings is 1. The molecule has 1 heterocycles. The lowest BCUT2D eigenvalue weighted by Gasteiger charge is -2.13. The van der Waals surface area contributed by atoms with Crippen LogP contribution in [0.1, 0.15) is 28.4 Å². The van der Waals surface area contributed by atoms with Crippen LogP contribution in [0, 0.1) is 0 Å². The molecule has 120 valence electrons. The number of aromatic nitrogens is 1. The lowest BCUT2D eigenvalue weighted by atomic mass is 10.1. The maximum absolute atomic E-state index is 12.0. The molecule has 0 aliphatic heterocycles. The maximum Gasteiger partial charge on any atom is 0.271 e. The van der Waals surface area contributed by atoms with Gasteiger partial charge in [-0.25, -0.2) is 5.43 Å². The molecule has 0 fully saturated rings. The number of amides is 1. The largest absolute Gasteiger partial charge is 0.507 e. The fourth-order valence-corrected chi connectivity index (χ4v) is 2.11. The minimum absolute atomic E-state index is 0.181. The lowest BCUT2D eigenvalue weighted by Crippen LogP contribution is -2.19. The van der Waals surface area contributed by atoms with Gasteiger partial charge in [-0.15, -0.1) is 0 Å². The van der Waals surface area contributed by atoms with E-state index in [1.165, 1.54) is 0 Å². The number of para-hydroxylation sites is 1. The summed E-state index contributed by atoms with van der Waals surface area (Å²) in [5.74, 6) is -0.142. The smallest absolute Gasteiger partial charge is 0.271 e. The van der Waals surface area contributed by atoms with E-state index in [0.29, 0.717) is 23.4 Å². The normalized spacial score (nSPS) is 11.6. The SMILES string of the molecule is C/C(=N/NC(=O)c1ccncc1)c1cccc(CN(C)C)c1O. The van der Waals surface area contributed by atoms with Crippen molar-refractivity contribution < 1.29 is 9.90 Å². The van der Waals surface area contributed by atoms with Gasteiger partial charge in [-0.2, -0.15) is 5.10 Å². The Morgan fingerprint density at radius 1 is 1.26 bits per heavy atom. The Bertz CT molecular complexity index is 712. The molecule has 0 bridgehead atoms. The van der Waals surface area contributed by atoms with E-state index in [2.05, 4.69) is 15.5 Å². The van der Waals surface area contributed by atoms with Crippen LogP contribution in [0.15, 0.2) is 47.8 Å². The van der Waals surface area contributed by atoms with Crippen molar-refractivity contribution in [3.05, 3.63) is 59.4 Å². The van der Waals surface area contributed by atoms with Crippen LogP contribution in [0.5, 0.6) is 5.75 Å². The number of hydrogen-bond donors (Lipinski definition) is 2. The van der Waals surface area contributed by atoms with Crippen LogP contribution in [-0.2, 0) is 6.54 Å². The van der Waals surface area contributed by atoms with E-state index in [9.17, 15) is 9.90 Å². The van der Waals surface area contributed by atoms with E-state index >= 15 is 0 Å². The zero-order valence-corrected chi connectivity index (χ0v) is 13.4. The summed E-state index contributed by atoms with van der Waals surface area (Å²) in [6.07, 6.45) is 3.09. The zero-order valence-electron chi connectivity index (χ0n) is 13.4. The van der Waals surface area contributed by atoms with Gasteiger partial charge in [0.25, 0.3) is 5.91 Å². The highest BCUT2D eigenvalue weighted by Gasteiger charge is 2.11. The molecular formula is C17H20N4O2. The number of phenolic OH excluding ortho intramolecular Hbond substituents is 1. The molecule has 0 aliphatic rings. The van der Waals surface area contributed by atoms with Crippen LogP contribution < -0.4 is 5.43 Å². The first kappa shape index (κ1) is 16.6.